The lowest BCUT2D eigenvalue weighted by Crippen LogP contribution is -2.47. The van der Waals surface area contributed by atoms with Crippen molar-refractivity contribution in [3.63, 3.8) is 0 Å². The molecule has 0 saturated carbocycles. The van der Waals surface area contributed by atoms with Gasteiger partial charge in [-0.2, -0.15) is 18.4 Å². The number of anilines is 3. The molecule has 2 heterocycles. The van der Waals surface area contributed by atoms with Gasteiger partial charge in [-0.3, -0.25) is 4.79 Å². The molecule has 0 saturated heterocycles. The number of benzene rings is 1. The van der Waals surface area contributed by atoms with Crippen LogP contribution in [0.1, 0.15) is 23.2 Å². The van der Waals surface area contributed by atoms with Crippen LogP contribution in [0.15, 0.2) is 24.3 Å². The fraction of sp³-hybridized carbons (Fsp3) is 0.409. The Balaban J connectivity index is 2.03. The van der Waals surface area contributed by atoms with E-state index in [1.54, 1.807) is 24.1 Å². The first-order valence-electron chi connectivity index (χ1n) is 10.3. The summed E-state index contributed by atoms with van der Waals surface area (Å²) in [5.41, 5.74) is -1.11. The maximum absolute atomic E-state index is 14.7. The molecule has 1 aromatic heterocycles. The number of carbonyl (C=O) groups is 1. The van der Waals surface area contributed by atoms with E-state index in [1.807, 2.05) is 0 Å². The Kier molecular flexibility index (Phi) is 7.07. The Bertz CT molecular complexity index is 1080. The molecule has 2 aromatic rings. The van der Waals surface area contributed by atoms with Crippen molar-refractivity contribution >= 4 is 23.1 Å². The number of alkyl halides is 3. The second kappa shape index (κ2) is 9.62. The highest BCUT2D eigenvalue weighted by Crippen LogP contribution is 2.36. The molecule has 33 heavy (non-hydrogen) atoms. The van der Waals surface area contributed by atoms with Gasteiger partial charge in [-0.25, -0.2) is 9.37 Å². The number of para-hydroxylation sites is 1. The van der Waals surface area contributed by atoms with Crippen LogP contribution in [0, 0.1) is 24.1 Å². The number of hydrogen-bond acceptors (Lipinski definition) is 6. The zero-order valence-electron chi connectivity index (χ0n) is 18.4. The third kappa shape index (κ3) is 5.01. The van der Waals surface area contributed by atoms with Gasteiger partial charge in [0.25, 0.3) is 0 Å². The molecule has 1 aliphatic heterocycles. The molecule has 1 aromatic carbocycles. The summed E-state index contributed by atoms with van der Waals surface area (Å²) in [5.74, 6) is -1.26. The Morgan fingerprint density at radius 2 is 2.06 bits per heavy atom. The van der Waals surface area contributed by atoms with Gasteiger partial charge in [0.15, 0.2) is 0 Å². The van der Waals surface area contributed by atoms with Crippen molar-refractivity contribution in [2.24, 2.45) is 0 Å². The van der Waals surface area contributed by atoms with Gasteiger partial charge >= 0.3 is 6.18 Å². The van der Waals surface area contributed by atoms with Crippen molar-refractivity contribution in [1.82, 2.24) is 10.3 Å². The second-order valence-corrected chi connectivity index (χ2v) is 7.73. The summed E-state index contributed by atoms with van der Waals surface area (Å²) in [4.78, 5) is 20.4. The Labute approximate surface area is 189 Å². The fourth-order valence-corrected chi connectivity index (χ4v) is 3.84. The summed E-state index contributed by atoms with van der Waals surface area (Å²) < 4.78 is 55.2. The van der Waals surface area contributed by atoms with Gasteiger partial charge in [0.2, 0.25) is 5.91 Å². The van der Waals surface area contributed by atoms with Gasteiger partial charge in [-0.1, -0.05) is 6.07 Å². The molecule has 7 nitrogen and oxygen atoms in total. The minimum Gasteiger partial charge on any atom is -0.366 e. The number of halogens is 4. The third-order valence-corrected chi connectivity index (χ3v) is 5.47. The molecule has 176 valence electrons. The second-order valence-electron chi connectivity index (χ2n) is 7.73. The largest absolute Gasteiger partial charge is 0.417 e. The SMILES string of the molecule is CNCCN1CCC(Nc2nc(C)cc(C(F)(F)F)c2C#N)C(=O)N(C)c2cccc(F)c21. The molecular weight excluding hydrogens is 440 g/mol. The molecule has 0 bridgehead atoms. The Hall–Kier alpha value is -3.39. The van der Waals surface area contributed by atoms with E-state index >= 15 is 0 Å². The van der Waals surface area contributed by atoms with Crippen LogP contribution in [0.25, 0.3) is 0 Å². The normalized spacial score (nSPS) is 16.7. The summed E-state index contributed by atoms with van der Waals surface area (Å²) in [7, 11) is 3.24. The molecule has 1 amide bonds. The molecule has 0 fully saturated rings. The van der Waals surface area contributed by atoms with Crippen molar-refractivity contribution in [1.29, 1.82) is 5.26 Å². The number of nitrogens with zero attached hydrogens (tertiary/aromatic N) is 4. The topological polar surface area (TPSA) is 84.3 Å². The van der Waals surface area contributed by atoms with Crippen LogP contribution in [0.3, 0.4) is 0 Å². The average Bonchev–Trinajstić information content (AvgIpc) is 2.76. The number of nitriles is 1. The smallest absolute Gasteiger partial charge is 0.366 e. The molecule has 11 heteroatoms. The highest BCUT2D eigenvalue weighted by molar-refractivity contribution is 6.01. The number of amides is 1. The third-order valence-electron chi connectivity index (χ3n) is 5.47. The van der Waals surface area contributed by atoms with Crippen molar-refractivity contribution in [2.75, 3.05) is 48.8 Å². The first-order valence-corrected chi connectivity index (χ1v) is 10.3. The predicted octanol–water partition coefficient (Wildman–Crippen LogP) is 3.29. The van der Waals surface area contributed by atoms with Crippen molar-refractivity contribution in [2.45, 2.75) is 25.6 Å². The highest BCUT2D eigenvalue weighted by atomic mass is 19.4. The number of hydrogen-bond donors (Lipinski definition) is 2. The van der Waals surface area contributed by atoms with Crippen LogP contribution in [0.5, 0.6) is 0 Å². The Morgan fingerprint density at radius 1 is 1.33 bits per heavy atom. The van der Waals surface area contributed by atoms with Gasteiger partial charge in [0.05, 0.1) is 16.9 Å². The molecular formula is C22H24F4N6O. The summed E-state index contributed by atoms with van der Waals surface area (Å²) in [6, 6.07) is 5.80. The first kappa shape index (κ1) is 24.3. The van der Waals surface area contributed by atoms with E-state index in [-0.39, 0.29) is 30.2 Å². The minimum atomic E-state index is -4.75. The molecule has 1 aliphatic rings. The minimum absolute atomic E-state index is 0.0542. The van der Waals surface area contributed by atoms with E-state index in [2.05, 4.69) is 15.6 Å². The molecule has 3 rings (SSSR count). The van der Waals surface area contributed by atoms with Crippen molar-refractivity contribution < 1.29 is 22.4 Å². The Morgan fingerprint density at radius 3 is 2.70 bits per heavy atom. The van der Waals surface area contributed by atoms with Gasteiger partial charge in [-0.05, 0) is 38.6 Å². The van der Waals surface area contributed by atoms with Gasteiger partial charge in [0, 0.05) is 32.4 Å². The predicted molar refractivity (Wildman–Crippen MR) is 117 cm³/mol. The van der Waals surface area contributed by atoms with Crippen LogP contribution in [-0.2, 0) is 11.0 Å². The van der Waals surface area contributed by atoms with Crippen molar-refractivity contribution in [3.8, 4) is 6.07 Å². The standard InChI is InChI=1S/C22H24F4N6O/c1-13-11-15(22(24,25)26)14(12-27)20(29-13)30-17-7-9-32(10-8-28-2)19-16(23)5-4-6-18(19)31(3)21(17)33/h4-6,11,17,28H,7-10H2,1-3H3,(H,29,30). The highest BCUT2D eigenvalue weighted by Gasteiger charge is 2.37. The number of aromatic nitrogens is 1. The molecule has 0 spiro atoms. The van der Waals surface area contributed by atoms with Crippen LogP contribution >= 0.6 is 0 Å². The van der Waals surface area contributed by atoms with Crippen LogP contribution < -0.4 is 20.4 Å². The van der Waals surface area contributed by atoms with Crippen LogP contribution in [0.4, 0.5) is 34.8 Å². The lowest BCUT2D eigenvalue weighted by molar-refractivity contribution is -0.137. The zero-order chi connectivity index (χ0) is 24.3. The first-order chi connectivity index (χ1) is 15.6. The maximum atomic E-state index is 14.7. The van der Waals surface area contributed by atoms with E-state index < -0.39 is 35.1 Å². The summed E-state index contributed by atoms with van der Waals surface area (Å²) in [6.45, 7) is 2.64. The molecule has 1 unspecified atom stereocenters. The van der Waals surface area contributed by atoms with Crippen molar-refractivity contribution in [3.05, 3.63) is 46.9 Å². The van der Waals surface area contributed by atoms with E-state index in [0.717, 1.165) is 6.07 Å². The summed E-state index contributed by atoms with van der Waals surface area (Å²) in [6.07, 6.45) is -4.60. The number of nitrogens with one attached hydrogen (secondary N) is 2. The number of likely N-dealkylation sites (N-methyl/N-ethyl adjacent to an activating group) is 2. The quantitative estimate of drug-likeness (QED) is 0.661. The maximum Gasteiger partial charge on any atom is 0.417 e. The molecule has 0 radical (unpaired) electrons. The number of carbonyl (C=O) groups excluding carboxylic acids is 1. The fourth-order valence-electron chi connectivity index (χ4n) is 3.84. The number of rotatable bonds is 5. The lowest BCUT2D eigenvalue weighted by Gasteiger charge is -2.36. The van der Waals surface area contributed by atoms with E-state index in [4.69, 9.17) is 0 Å². The summed E-state index contributed by atoms with van der Waals surface area (Å²) >= 11 is 0. The number of pyridine rings is 1. The van der Waals surface area contributed by atoms with E-state index in [0.29, 0.717) is 18.8 Å². The molecule has 1 atom stereocenters. The van der Waals surface area contributed by atoms with E-state index in [9.17, 15) is 27.6 Å². The van der Waals surface area contributed by atoms with E-state index in [1.165, 1.54) is 31.0 Å². The van der Waals surface area contributed by atoms with Crippen LogP contribution in [0.2, 0.25) is 0 Å². The zero-order valence-corrected chi connectivity index (χ0v) is 18.4. The summed E-state index contributed by atoms with van der Waals surface area (Å²) in [5, 5.41) is 15.2. The number of aryl methyl sites for hydroxylation is 1. The van der Waals surface area contributed by atoms with Crippen LogP contribution in [-0.4, -0.2) is 50.7 Å². The van der Waals surface area contributed by atoms with Gasteiger partial charge in [0.1, 0.15) is 29.3 Å². The molecule has 2 N–H and O–H groups in total. The lowest BCUT2D eigenvalue weighted by atomic mass is 10.0. The number of fused-ring (bicyclic) bond motifs is 1. The van der Waals surface area contributed by atoms with Gasteiger partial charge < -0.3 is 20.4 Å². The monoisotopic (exact) mass is 464 g/mol. The van der Waals surface area contributed by atoms with Gasteiger partial charge in [-0.15, -0.1) is 0 Å². The average molecular weight is 464 g/mol. The molecule has 0 aliphatic carbocycles.